The molecule has 2 aliphatic rings. The molecule has 1 nitrogen and oxygen atoms in total. The predicted molar refractivity (Wildman–Crippen MR) is 249 cm³/mol. The van der Waals surface area contributed by atoms with Crippen LogP contribution in [0.3, 0.4) is 0 Å². The van der Waals surface area contributed by atoms with Gasteiger partial charge in [0.25, 0.3) is 0 Å². The molecule has 2 heteroatoms. The third kappa shape index (κ3) is 5.10. The van der Waals surface area contributed by atoms with Crippen LogP contribution in [-0.2, 0) is 5.41 Å². The zero-order chi connectivity index (χ0) is 38.9. The molecule has 0 aliphatic heterocycles. The van der Waals surface area contributed by atoms with Gasteiger partial charge in [0.1, 0.15) is 0 Å². The summed E-state index contributed by atoms with van der Waals surface area (Å²) in [6.07, 6.45) is 0. The van der Waals surface area contributed by atoms with Crippen molar-refractivity contribution in [3.8, 4) is 54.9 Å². The van der Waals surface area contributed by atoms with Crippen molar-refractivity contribution < 1.29 is 0 Å². The standard InChI is InChI=1S/C57H37NS/c1-4-16-38(17-5-1)39-28-30-42(31-29-39)58(43-32-34-45(40-18-6-2-7-19-40)50(36-43)41-20-8-3-9-21-41)44-33-35-47-46-22-10-13-25-51(46)57(53(47)37-44)52-26-14-11-23-48(52)56-55(57)49-24-12-15-27-54(49)59-56/h1-37H. The van der Waals surface area contributed by atoms with Crippen molar-refractivity contribution in [2.75, 3.05) is 4.90 Å². The fourth-order valence-corrected chi connectivity index (χ4v) is 11.3. The quantitative estimate of drug-likeness (QED) is 0.163. The molecule has 0 saturated carbocycles. The first-order valence-electron chi connectivity index (χ1n) is 20.3. The van der Waals surface area contributed by atoms with E-state index in [1.165, 1.54) is 87.3 Å². The van der Waals surface area contributed by atoms with Gasteiger partial charge in [-0.3, -0.25) is 0 Å². The second-order valence-electron chi connectivity index (χ2n) is 15.6. The summed E-state index contributed by atoms with van der Waals surface area (Å²) in [5.41, 5.74) is 19.5. The summed E-state index contributed by atoms with van der Waals surface area (Å²) in [5, 5.41) is 1.34. The van der Waals surface area contributed by atoms with E-state index in [-0.39, 0.29) is 0 Å². The van der Waals surface area contributed by atoms with E-state index in [2.05, 4.69) is 229 Å². The first-order chi connectivity index (χ1) is 29.3. The normalized spacial score (nSPS) is 14.5. The van der Waals surface area contributed by atoms with Crippen molar-refractivity contribution >= 4 is 38.5 Å². The largest absolute Gasteiger partial charge is 0.310 e. The molecule has 12 rings (SSSR count). The highest BCUT2D eigenvalue weighted by atomic mass is 32.1. The Morgan fingerprint density at radius 1 is 0.322 bits per heavy atom. The van der Waals surface area contributed by atoms with Gasteiger partial charge in [-0.2, -0.15) is 0 Å². The maximum Gasteiger partial charge on any atom is 0.0740 e. The van der Waals surface area contributed by atoms with Crippen LogP contribution in [0.5, 0.6) is 0 Å². The monoisotopic (exact) mass is 767 g/mol. The van der Waals surface area contributed by atoms with Crippen LogP contribution in [0.1, 0.15) is 22.3 Å². The Bertz CT molecular complexity index is 3200. The molecule has 0 saturated heterocycles. The van der Waals surface area contributed by atoms with Crippen LogP contribution in [0.15, 0.2) is 224 Å². The summed E-state index contributed by atoms with van der Waals surface area (Å²) in [6.45, 7) is 0. The summed E-state index contributed by atoms with van der Waals surface area (Å²) in [6, 6.07) is 82.8. The maximum atomic E-state index is 2.51. The number of hydrogen-bond acceptors (Lipinski definition) is 2. The van der Waals surface area contributed by atoms with Gasteiger partial charge in [0.2, 0.25) is 0 Å². The summed E-state index contributed by atoms with van der Waals surface area (Å²) in [7, 11) is 0. The van der Waals surface area contributed by atoms with Gasteiger partial charge in [-0.25, -0.2) is 0 Å². The van der Waals surface area contributed by atoms with Crippen molar-refractivity contribution in [3.63, 3.8) is 0 Å². The molecule has 9 aromatic carbocycles. The Kier molecular flexibility index (Phi) is 7.69. The van der Waals surface area contributed by atoms with Gasteiger partial charge in [-0.05, 0) is 120 Å². The van der Waals surface area contributed by atoms with Gasteiger partial charge in [-0.15, -0.1) is 11.3 Å². The van der Waals surface area contributed by atoms with Crippen LogP contribution >= 0.6 is 11.3 Å². The van der Waals surface area contributed by atoms with E-state index < -0.39 is 5.41 Å². The lowest BCUT2D eigenvalue weighted by Crippen LogP contribution is -2.26. The number of benzene rings is 9. The number of anilines is 3. The number of hydrogen-bond donors (Lipinski definition) is 0. The van der Waals surface area contributed by atoms with Crippen LogP contribution < -0.4 is 4.90 Å². The topological polar surface area (TPSA) is 3.24 Å². The minimum Gasteiger partial charge on any atom is -0.310 e. The van der Waals surface area contributed by atoms with Crippen LogP contribution in [0, 0.1) is 0 Å². The van der Waals surface area contributed by atoms with Crippen LogP contribution in [0.4, 0.5) is 17.1 Å². The Morgan fingerprint density at radius 2 is 0.814 bits per heavy atom. The lowest BCUT2D eigenvalue weighted by Gasteiger charge is -2.32. The van der Waals surface area contributed by atoms with Crippen LogP contribution in [-0.4, -0.2) is 0 Å². The van der Waals surface area contributed by atoms with Crippen molar-refractivity contribution in [1.29, 1.82) is 0 Å². The van der Waals surface area contributed by atoms with E-state index in [9.17, 15) is 0 Å². The molecular weight excluding hydrogens is 731 g/mol. The summed E-state index contributed by atoms with van der Waals surface area (Å²) in [5.74, 6) is 0. The zero-order valence-corrected chi connectivity index (χ0v) is 33.0. The molecule has 1 unspecified atom stereocenters. The molecule has 0 N–H and O–H groups in total. The Balaban J connectivity index is 1.12. The number of thiophene rings is 1. The van der Waals surface area contributed by atoms with E-state index in [0.29, 0.717) is 0 Å². The Morgan fingerprint density at radius 3 is 1.53 bits per heavy atom. The molecule has 1 atom stereocenters. The maximum absolute atomic E-state index is 2.51. The van der Waals surface area contributed by atoms with Crippen molar-refractivity contribution in [2.24, 2.45) is 0 Å². The highest BCUT2D eigenvalue weighted by molar-refractivity contribution is 7.22. The fourth-order valence-electron chi connectivity index (χ4n) is 9.99. The van der Waals surface area contributed by atoms with Gasteiger partial charge in [-0.1, -0.05) is 182 Å². The van der Waals surface area contributed by atoms with E-state index in [1.807, 2.05) is 11.3 Å². The molecule has 276 valence electrons. The van der Waals surface area contributed by atoms with E-state index in [1.54, 1.807) is 0 Å². The van der Waals surface area contributed by atoms with E-state index >= 15 is 0 Å². The van der Waals surface area contributed by atoms with Crippen LogP contribution in [0.25, 0.3) is 65.0 Å². The summed E-state index contributed by atoms with van der Waals surface area (Å²) in [4.78, 5) is 3.84. The second-order valence-corrected chi connectivity index (χ2v) is 16.6. The third-order valence-corrected chi connectivity index (χ3v) is 13.7. The van der Waals surface area contributed by atoms with E-state index in [0.717, 1.165) is 17.1 Å². The summed E-state index contributed by atoms with van der Waals surface area (Å²) >= 11 is 1.93. The molecule has 59 heavy (non-hydrogen) atoms. The molecule has 0 amide bonds. The molecule has 1 spiro atoms. The third-order valence-electron chi connectivity index (χ3n) is 12.5. The first kappa shape index (κ1) is 33.8. The van der Waals surface area contributed by atoms with E-state index in [4.69, 9.17) is 0 Å². The highest BCUT2D eigenvalue weighted by Crippen LogP contribution is 2.66. The molecule has 0 fully saturated rings. The smallest absolute Gasteiger partial charge is 0.0740 e. The average Bonchev–Trinajstić information content (AvgIpc) is 3.94. The van der Waals surface area contributed by atoms with Crippen molar-refractivity contribution in [1.82, 2.24) is 0 Å². The lowest BCUT2D eigenvalue weighted by atomic mass is 9.70. The van der Waals surface area contributed by atoms with Crippen molar-refractivity contribution in [3.05, 3.63) is 247 Å². The van der Waals surface area contributed by atoms with Gasteiger partial charge in [0.15, 0.2) is 0 Å². The minimum absolute atomic E-state index is 0.456. The number of rotatable bonds is 6. The Labute approximate surface area is 348 Å². The number of nitrogens with zero attached hydrogens (tertiary/aromatic N) is 1. The lowest BCUT2D eigenvalue weighted by molar-refractivity contribution is 0.802. The van der Waals surface area contributed by atoms with Gasteiger partial charge in [0, 0.05) is 26.6 Å². The molecule has 0 bridgehead atoms. The molecule has 1 heterocycles. The van der Waals surface area contributed by atoms with Gasteiger partial charge < -0.3 is 4.90 Å². The summed E-state index contributed by atoms with van der Waals surface area (Å²) < 4.78 is 1.33. The highest BCUT2D eigenvalue weighted by Gasteiger charge is 2.53. The molecule has 2 aliphatic carbocycles. The van der Waals surface area contributed by atoms with Gasteiger partial charge >= 0.3 is 0 Å². The minimum atomic E-state index is -0.456. The molecular formula is C57H37NS. The molecule has 10 aromatic rings. The Hall–Kier alpha value is -7.26. The average molecular weight is 768 g/mol. The van der Waals surface area contributed by atoms with Gasteiger partial charge in [0.05, 0.1) is 5.41 Å². The zero-order valence-electron chi connectivity index (χ0n) is 32.2. The van der Waals surface area contributed by atoms with Crippen molar-refractivity contribution in [2.45, 2.75) is 5.41 Å². The SMILES string of the molecule is c1ccc(-c2ccc(N(c3ccc(-c4ccccc4)c(-c4ccccc4)c3)c3ccc4c(c3)C3(c5ccccc5-4)c4ccccc4-c4sc5ccccc5c43)cc2)cc1. The first-order valence-corrected chi connectivity index (χ1v) is 21.2. The fraction of sp³-hybridized carbons (Fsp3) is 0.0175. The number of fused-ring (bicyclic) bond motifs is 12. The second kappa shape index (κ2) is 13.4. The molecule has 1 aromatic heterocycles. The predicted octanol–water partition coefficient (Wildman–Crippen LogP) is 15.7. The molecule has 0 radical (unpaired) electrons. The van der Waals surface area contributed by atoms with Crippen LogP contribution in [0.2, 0.25) is 0 Å².